The van der Waals surface area contributed by atoms with Crippen molar-refractivity contribution in [3.63, 3.8) is 0 Å². The lowest BCUT2D eigenvalue weighted by Crippen LogP contribution is -2.23. The molecule has 0 radical (unpaired) electrons. The van der Waals surface area contributed by atoms with Crippen LogP contribution in [0.4, 0.5) is 5.95 Å². The van der Waals surface area contributed by atoms with Gasteiger partial charge in [0.2, 0.25) is 5.95 Å². The van der Waals surface area contributed by atoms with Crippen LogP contribution in [-0.4, -0.2) is 29.3 Å². The van der Waals surface area contributed by atoms with E-state index in [1.54, 1.807) is 0 Å². The Labute approximate surface area is 117 Å². The Morgan fingerprint density at radius 2 is 2.11 bits per heavy atom. The lowest BCUT2D eigenvalue weighted by Gasteiger charge is -2.23. The van der Waals surface area contributed by atoms with Gasteiger partial charge in [-0.1, -0.05) is 20.8 Å². The number of nitrogens with zero attached hydrogens (tertiary/aromatic N) is 2. The van der Waals surface area contributed by atoms with Gasteiger partial charge in [0.15, 0.2) is 0 Å². The van der Waals surface area contributed by atoms with Crippen LogP contribution >= 0.6 is 0 Å². The first kappa shape index (κ1) is 16.0. The summed E-state index contributed by atoms with van der Waals surface area (Å²) in [5.74, 6) is 0.982. The Bertz CT molecular complexity index is 371. The fraction of sp³-hybridized carbons (Fsp3) is 0.800. The maximum atomic E-state index is 5.38. The maximum Gasteiger partial charge on any atom is 0.203 e. The van der Waals surface area contributed by atoms with Crippen molar-refractivity contribution in [3.05, 3.63) is 11.9 Å². The van der Waals surface area contributed by atoms with Crippen LogP contribution in [0, 0.1) is 12.3 Å². The van der Waals surface area contributed by atoms with E-state index in [4.69, 9.17) is 4.74 Å². The molecule has 0 fully saturated rings. The highest BCUT2D eigenvalue weighted by atomic mass is 16.5. The molecule has 0 unspecified atom stereocenters. The molecule has 19 heavy (non-hydrogen) atoms. The van der Waals surface area contributed by atoms with Crippen LogP contribution in [0.2, 0.25) is 0 Å². The molecular formula is C15H29N3O. The molecule has 1 N–H and O–H groups in total. The quantitative estimate of drug-likeness (QED) is 0.696. The minimum atomic E-state index is 0.302. The van der Waals surface area contributed by atoms with Gasteiger partial charge in [-0.2, -0.15) is 0 Å². The van der Waals surface area contributed by atoms with Crippen LogP contribution in [0.3, 0.4) is 0 Å². The summed E-state index contributed by atoms with van der Waals surface area (Å²) in [7, 11) is 0. The van der Waals surface area contributed by atoms with Crippen molar-refractivity contribution in [1.82, 2.24) is 9.55 Å². The number of imidazole rings is 1. The molecule has 0 atom stereocenters. The topological polar surface area (TPSA) is 39.1 Å². The Morgan fingerprint density at radius 3 is 2.74 bits per heavy atom. The number of ether oxygens (including phenoxy) is 1. The summed E-state index contributed by atoms with van der Waals surface area (Å²) in [6.45, 7) is 14.3. The van der Waals surface area contributed by atoms with Crippen molar-refractivity contribution in [2.24, 2.45) is 5.41 Å². The van der Waals surface area contributed by atoms with Crippen molar-refractivity contribution in [3.8, 4) is 0 Å². The van der Waals surface area contributed by atoms with Crippen molar-refractivity contribution >= 4 is 5.95 Å². The third-order valence-corrected chi connectivity index (χ3v) is 3.47. The Morgan fingerprint density at radius 1 is 1.37 bits per heavy atom. The number of nitrogens with one attached hydrogen (secondary N) is 1. The van der Waals surface area contributed by atoms with Gasteiger partial charge < -0.3 is 14.6 Å². The summed E-state index contributed by atoms with van der Waals surface area (Å²) in [4.78, 5) is 4.56. The Balaban J connectivity index is 2.52. The van der Waals surface area contributed by atoms with E-state index in [2.05, 4.69) is 41.8 Å². The summed E-state index contributed by atoms with van der Waals surface area (Å²) < 4.78 is 7.57. The van der Waals surface area contributed by atoms with Crippen LogP contribution in [-0.2, 0) is 11.3 Å². The van der Waals surface area contributed by atoms with Gasteiger partial charge in [0.1, 0.15) is 0 Å². The number of rotatable bonds is 9. The van der Waals surface area contributed by atoms with Crippen LogP contribution < -0.4 is 5.32 Å². The molecule has 0 amide bonds. The molecule has 4 heteroatoms. The zero-order valence-electron chi connectivity index (χ0n) is 13.1. The van der Waals surface area contributed by atoms with Gasteiger partial charge in [0.05, 0.1) is 5.69 Å². The zero-order chi connectivity index (χ0) is 14.3. The predicted octanol–water partition coefficient (Wildman–Crippen LogP) is 3.47. The summed E-state index contributed by atoms with van der Waals surface area (Å²) >= 11 is 0. The highest BCUT2D eigenvalue weighted by Gasteiger charge is 2.16. The van der Waals surface area contributed by atoms with Crippen LogP contribution in [0.15, 0.2) is 6.20 Å². The second kappa shape index (κ2) is 7.53. The molecule has 1 aromatic rings. The third-order valence-electron chi connectivity index (χ3n) is 3.47. The number of aryl methyl sites for hydroxylation is 2. The monoisotopic (exact) mass is 267 g/mol. The summed E-state index contributed by atoms with van der Waals surface area (Å²) in [5.41, 5.74) is 1.36. The van der Waals surface area contributed by atoms with Gasteiger partial charge in [-0.05, 0) is 32.1 Å². The molecule has 0 bridgehead atoms. The molecule has 1 rings (SSSR count). The van der Waals surface area contributed by atoms with E-state index < -0.39 is 0 Å². The average Bonchev–Trinajstić information content (AvgIpc) is 2.73. The highest BCUT2D eigenvalue weighted by molar-refractivity contribution is 5.29. The largest absolute Gasteiger partial charge is 0.382 e. The molecule has 0 aliphatic carbocycles. The van der Waals surface area contributed by atoms with Gasteiger partial charge in [-0.25, -0.2) is 4.98 Å². The fourth-order valence-corrected chi connectivity index (χ4v) is 1.78. The molecule has 0 spiro atoms. The molecule has 4 nitrogen and oxygen atoms in total. The minimum absolute atomic E-state index is 0.302. The molecule has 1 aromatic heterocycles. The van der Waals surface area contributed by atoms with Crippen molar-refractivity contribution < 1.29 is 4.74 Å². The highest BCUT2D eigenvalue weighted by Crippen LogP contribution is 2.20. The smallest absolute Gasteiger partial charge is 0.203 e. The van der Waals surface area contributed by atoms with E-state index in [0.29, 0.717) is 5.41 Å². The van der Waals surface area contributed by atoms with Gasteiger partial charge in [-0.3, -0.25) is 0 Å². The first-order valence-electron chi connectivity index (χ1n) is 7.34. The van der Waals surface area contributed by atoms with Gasteiger partial charge >= 0.3 is 0 Å². The number of hydrogen-bond donors (Lipinski definition) is 1. The summed E-state index contributed by atoms with van der Waals surface area (Å²) in [6, 6.07) is 0. The van der Waals surface area contributed by atoms with Crippen molar-refractivity contribution in [2.75, 3.05) is 25.1 Å². The van der Waals surface area contributed by atoms with Crippen LogP contribution in [0.5, 0.6) is 0 Å². The van der Waals surface area contributed by atoms with Gasteiger partial charge in [-0.15, -0.1) is 0 Å². The maximum absolute atomic E-state index is 5.38. The molecule has 0 saturated carbocycles. The van der Waals surface area contributed by atoms with E-state index in [-0.39, 0.29) is 0 Å². The molecule has 0 aliphatic rings. The number of anilines is 1. The molecule has 1 heterocycles. The summed E-state index contributed by atoms with van der Waals surface area (Å²) in [6.07, 6.45) is 4.28. The number of hydrogen-bond acceptors (Lipinski definition) is 3. The average molecular weight is 267 g/mol. The first-order valence-corrected chi connectivity index (χ1v) is 7.34. The zero-order valence-corrected chi connectivity index (χ0v) is 13.1. The Kier molecular flexibility index (Phi) is 6.35. The molecular weight excluding hydrogens is 238 g/mol. The molecule has 0 aliphatic heterocycles. The fourth-order valence-electron chi connectivity index (χ4n) is 1.78. The normalized spacial score (nSPS) is 11.8. The van der Waals surface area contributed by atoms with Crippen LogP contribution in [0.1, 0.15) is 46.2 Å². The first-order chi connectivity index (χ1) is 8.98. The van der Waals surface area contributed by atoms with E-state index in [1.807, 2.05) is 13.8 Å². The van der Waals surface area contributed by atoms with E-state index in [9.17, 15) is 0 Å². The second-order valence-corrected chi connectivity index (χ2v) is 5.82. The standard InChI is InChI=1S/C15H29N3O/c1-6-15(4,5)12-16-14-17-13(3)11-18(14)9-8-10-19-7-2/h11H,6-10,12H2,1-5H3,(H,16,17). The van der Waals surface area contributed by atoms with E-state index in [0.717, 1.165) is 50.8 Å². The lowest BCUT2D eigenvalue weighted by molar-refractivity contribution is 0.142. The van der Waals surface area contributed by atoms with Crippen LogP contribution in [0.25, 0.3) is 0 Å². The minimum Gasteiger partial charge on any atom is -0.382 e. The lowest BCUT2D eigenvalue weighted by atomic mass is 9.90. The summed E-state index contributed by atoms with van der Waals surface area (Å²) in [5, 5.41) is 3.48. The second-order valence-electron chi connectivity index (χ2n) is 5.82. The van der Waals surface area contributed by atoms with Crippen molar-refractivity contribution in [1.29, 1.82) is 0 Å². The molecule has 0 aromatic carbocycles. The Hall–Kier alpha value is -1.03. The number of aromatic nitrogens is 2. The van der Waals surface area contributed by atoms with Gasteiger partial charge in [0, 0.05) is 32.5 Å². The predicted molar refractivity (Wildman–Crippen MR) is 80.6 cm³/mol. The van der Waals surface area contributed by atoms with Crippen molar-refractivity contribution in [2.45, 2.75) is 54.0 Å². The van der Waals surface area contributed by atoms with Gasteiger partial charge in [0.25, 0.3) is 0 Å². The molecule has 110 valence electrons. The van der Waals surface area contributed by atoms with E-state index in [1.165, 1.54) is 0 Å². The third kappa shape index (κ3) is 5.64. The molecule has 0 saturated heterocycles. The SMILES string of the molecule is CCOCCCn1cc(C)nc1NCC(C)(C)CC. The van der Waals surface area contributed by atoms with E-state index >= 15 is 0 Å².